The fraction of sp³-hybridized carbons (Fsp3) is 0.421. The normalized spacial score (nSPS) is 12.0. The van der Waals surface area contributed by atoms with Gasteiger partial charge in [0.25, 0.3) is 5.56 Å². The Morgan fingerprint density at radius 3 is 2.38 bits per heavy atom. The lowest BCUT2D eigenvalue weighted by Gasteiger charge is -2.20. The van der Waals surface area contributed by atoms with Crippen LogP contribution in [0.5, 0.6) is 0 Å². The molecule has 0 spiro atoms. The van der Waals surface area contributed by atoms with E-state index in [4.69, 9.17) is 0 Å². The van der Waals surface area contributed by atoms with Gasteiger partial charge in [0.1, 0.15) is 5.56 Å². The van der Waals surface area contributed by atoms with Crippen LogP contribution in [-0.4, -0.2) is 24.7 Å². The lowest BCUT2D eigenvalue weighted by atomic mass is 10.0. The molecular weight excluding hydrogens is 332 g/mol. The Morgan fingerprint density at radius 2 is 1.85 bits per heavy atom. The van der Waals surface area contributed by atoms with Crippen LogP contribution in [0.1, 0.15) is 50.0 Å². The van der Waals surface area contributed by atoms with Gasteiger partial charge in [0, 0.05) is 30.9 Å². The highest BCUT2D eigenvalue weighted by Gasteiger charge is 2.24. The number of nitrogens with one attached hydrogen (secondary N) is 1. The SMILES string of the molecule is CCCn1c(=O)n(C(C)(C)C)c2cc(C(=O)c3c[nH]n(C)c3=O)ccc21. The average Bonchev–Trinajstić information content (AvgIpc) is 3.04. The zero-order chi connectivity index (χ0) is 19.2. The number of aryl methyl sites for hydroxylation is 2. The molecule has 0 aliphatic heterocycles. The van der Waals surface area contributed by atoms with Crippen LogP contribution >= 0.6 is 0 Å². The molecule has 7 nitrogen and oxygen atoms in total. The van der Waals surface area contributed by atoms with Gasteiger partial charge >= 0.3 is 5.69 Å². The van der Waals surface area contributed by atoms with Gasteiger partial charge in [-0.05, 0) is 45.4 Å². The monoisotopic (exact) mass is 356 g/mol. The minimum atomic E-state index is -0.430. The fourth-order valence-electron chi connectivity index (χ4n) is 3.27. The van der Waals surface area contributed by atoms with E-state index in [2.05, 4.69) is 5.10 Å². The summed E-state index contributed by atoms with van der Waals surface area (Å²) in [6.07, 6.45) is 2.25. The first kappa shape index (κ1) is 18.0. The Bertz CT molecular complexity index is 1100. The molecule has 3 rings (SSSR count). The van der Waals surface area contributed by atoms with Gasteiger partial charge < -0.3 is 5.10 Å². The van der Waals surface area contributed by atoms with Crippen LogP contribution in [0, 0.1) is 0 Å². The zero-order valence-electron chi connectivity index (χ0n) is 15.8. The number of aromatic amines is 1. The van der Waals surface area contributed by atoms with Crippen molar-refractivity contribution in [1.82, 2.24) is 18.9 Å². The molecule has 1 aromatic carbocycles. The Kier molecular flexibility index (Phi) is 4.26. The number of rotatable bonds is 4. The van der Waals surface area contributed by atoms with Crippen molar-refractivity contribution >= 4 is 16.8 Å². The Hall–Kier alpha value is -2.83. The summed E-state index contributed by atoms with van der Waals surface area (Å²) in [5.41, 5.74) is 1.09. The molecule has 0 aliphatic carbocycles. The number of ketones is 1. The van der Waals surface area contributed by atoms with E-state index in [1.165, 1.54) is 10.9 Å². The number of imidazole rings is 1. The first-order valence-electron chi connectivity index (χ1n) is 8.71. The highest BCUT2D eigenvalue weighted by molar-refractivity contribution is 6.10. The number of carbonyl (C=O) groups is 1. The van der Waals surface area contributed by atoms with Crippen molar-refractivity contribution in [3.05, 3.63) is 56.4 Å². The topological polar surface area (TPSA) is 81.8 Å². The second kappa shape index (κ2) is 6.16. The molecule has 138 valence electrons. The standard InChI is InChI=1S/C19H24N4O3/c1-6-9-22-14-8-7-12(16(24)13-11-20-21(5)17(13)25)10-15(14)23(18(22)26)19(2,3)4/h7-8,10-11,20H,6,9H2,1-5H3. The lowest BCUT2D eigenvalue weighted by Crippen LogP contribution is -2.34. The molecule has 7 heteroatoms. The first-order valence-corrected chi connectivity index (χ1v) is 8.71. The molecule has 0 atom stereocenters. The summed E-state index contributed by atoms with van der Waals surface area (Å²) in [5, 5.41) is 2.71. The molecule has 0 amide bonds. The Balaban J connectivity index is 2.26. The minimum Gasteiger partial charge on any atom is -0.302 e. The maximum Gasteiger partial charge on any atom is 0.329 e. The number of nitrogens with zero attached hydrogens (tertiary/aromatic N) is 3. The third kappa shape index (κ3) is 2.73. The molecule has 0 fully saturated rings. The van der Waals surface area contributed by atoms with Gasteiger partial charge in [-0.25, -0.2) is 4.79 Å². The van der Waals surface area contributed by atoms with Crippen molar-refractivity contribution in [2.24, 2.45) is 7.05 Å². The van der Waals surface area contributed by atoms with E-state index in [0.29, 0.717) is 17.6 Å². The van der Waals surface area contributed by atoms with Gasteiger partial charge in [-0.15, -0.1) is 0 Å². The van der Waals surface area contributed by atoms with E-state index >= 15 is 0 Å². The summed E-state index contributed by atoms with van der Waals surface area (Å²) >= 11 is 0. The lowest BCUT2D eigenvalue weighted by molar-refractivity contribution is 0.103. The van der Waals surface area contributed by atoms with Crippen LogP contribution in [0.4, 0.5) is 0 Å². The van der Waals surface area contributed by atoms with Crippen molar-refractivity contribution < 1.29 is 4.79 Å². The van der Waals surface area contributed by atoms with E-state index < -0.39 is 5.54 Å². The number of benzene rings is 1. The average molecular weight is 356 g/mol. The highest BCUT2D eigenvalue weighted by atomic mass is 16.2. The molecule has 0 unspecified atom stereocenters. The number of hydrogen-bond donors (Lipinski definition) is 1. The molecule has 0 saturated carbocycles. The number of carbonyl (C=O) groups excluding carboxylic acids is 1. The van der Waals surface area contributed by atoms with Crippen LogP contribution in [-0.2, 0) is 19.1 Å². The van der Waals surface area contributed by atoms with E-state index in [1.54, 1.807) is 34.4 Å². The Morgan fingerprint density at radius 1 is 1.15 bits per heavy atom. The summed E-state index contributed by atoms with van der Waals surface area (Å²) in [7, 11) is 1.56. The molecule has 0 saturated heterocycles. The van der Waals surface area contributed by atoms with Crippen molar-refractivity contribution in [3.63, 3.8) is 0 Å². The molecule has 0 aliphatic rings. The van der Waals surface area contributed by atoms with Crippen LogP contribution < -0.4 is 11.2 Å². The van der Waals surface area contributed by atoms with Gasteiger partial charge in [0.2, 0.25) is 0 Å². The quantitative estimate of drug-likeness (QED) is 0.728. The summed E-state index contributed by atoms with van der Waals surface area (Å²) in [5.74, 6) is -0.357. The second-order valence-corrected chi connectivity index (χ2v) is 7.52. The number of fused-ring (bicyclic) bond motifs is 1. The zero-order valence-corrected chi connectivity index (χ0v) is 15.8. The van der Waals surface area contributed by atoms with Gasteiger partial charge in [-0.3, -0.25) is 23.4 Å². The molecule has 1 N–H and O–H groups in total. The maximum atomic E-state index is 12.9. The van der Waals surface area contributed by atoms with E-state index in [9.17, 15) is 14.4 Å². The summed E-state index contributed by atoms with van der Waals surface area (Å²) < 4.78 is 4.71. The number of H-pyrrole nitrogens is 1. The number of hydrogen-bond acceptors (Lipinski definition) is 3. The molecule has 0 radical (unpaired) electrons. The van der Waals surface area contributed by atoms with Gasteiger partial charge in [0.15, 0.2) is 5.78 Å². The molecule has 3 aromatic rings. The van der Waals surface area contributed by atoms with Crippen LogP contribution in [0.2, 0.25) is 0 Å². The molecular formula is C19H24N4O3. The first-order chi connectivity index (χ1) is 12.2. The maximum absolute atomic E-state index is 12.9. The van der Waals surface area contributed by atoms with Gasteiger partial charge in [0.05, 0.1) is 11.0 Å². The Labute approximate surface area is 150 Å². The summed E-state index contributed by atoms with van der Waals surface area (Å²) in [4.78, 5) is 37.8. The highest BCUT2D eigenvalue weighted by Crippen LogP contribution is 2.23. The molecule has 26 heavy (non-hydrogen) atoms. The third-order valence-corrected chi connectivity index (χ3v) is 4.49. The van der Waals surface area contributed by atoms with Crippen LogP contribution in [0.3, 0.4) is 0 Å². The predicted octanol–water partition coefficient (Wildman–Crippen LogP) is 2.23. The van der Waals surface area contributed by atoms with Gasteiger partial charge in [-0.2, -0.15) is 0 Å². The van der Waals surface area contributed by atoms with E-state index in [1.807, 2.05) is 27.7 Å². The van der Waals surface area contributed by atoms with Crippen molar-refractivity contribution in [3.8, 4) is 0 Å². The van der Waals surface area contributed by atoms with E-state index in [0.717, 1.165) is 11.9 Å². The fourth-order valence-corrected chi connectivity index (χ4v) is 3.27. The molecule has 2 aromatic heterocycles. The minimum absolute atomic E-state index is 0.0866. The summed E-state index contributed by atoms with van der Waals surface area (Å²) in [6.45, 7) is 8.51. The predicted molar refractivity (Wildman–Crippen MR) is 101 cm³/mol. The molecule has 2 heterocycles. The van der Waals surface area contributed by atoms with Crippen molar-refractivity contribution in [2.45, 2.75) is 46.2 Å². The van der Waals surface area contributed by atoms with E-state index in [-0.39, 0.29) is 22.6 Å². The van der Waals surface area contributed by atoms with Crippen LogP contribution in [0.15, 0.2) is 34.0 Å². The largest absolute Gasteiger partial charge is 0.329 e. The second-order valence-electron chi connectivity index (χ2n) is 7.52. The smallest absolute Gasteiger partial charge is 0.302 e. The number of aromatic nitrogens is 4. The third-order valence-electron chi connectivity index (χ3n) is 4.49. The van der Waals surface area contributed by atoms with Crippen LogP contribution in [0.25, 0.3) is 11.0 Å². The van der Waals surface area contributed by atoms with Crippen molar-refractivity contribution in [1.29, 1.82) is 0 Å². The van der Waals surface area contributed by atoms with Crippen molar-refractivity contribution in [2.75, 3.05) is 0 Å². The summed E-state index contributed by atoms with van der Waals surface area (Å²) in [6, 6.07) is 5.18. The molecule has 0 bridgehead atoms. The van der Waals surface area contributed by atoms with Gasteiger partial charge in [-0.1, -0.05) is 6.92 Å².